The normalized spacial score (nSPS) is 18.2. The molecule has 36 heavy (non-hydrogen) atoms. The Morgan fingerprint density at radius 1 is 1.22 bits per heavy atom. The summed E-state index contributed by atoms with van der Waals surface area (Å²) >= 11 is 0. The number of fused-ring (bicyclic) bond motifs is 1. The highest BCUT2D eigenvalue weighted by Gasteiger charge is 2.33. The first kappa shape index (κ1) is 26.1. The fourth-order valence-corrected chi connectivity index (χ4v) is 4.80. The first-order valence-electron chi connectivity index (χ1n) is 12.5. The number of hydrogen-bond donors (Lipinski definition) is 2. The zero-order valence-corrected chi connectivity index (χ0v) is 23.3. The van der Waals surface area contributed by atoms with Gasteiger partial charge in [0.15, 0.2) is 0 Å². The topological polar surface area (TPSA) is 116 Å². The number of aromatic nitrogens is 4. The third-order valence-electron chi connectivity index (χ3n) is 5.98. The fraction of sp³-hybridized carbons (Fsp3) is 0.600. The zero-order valence-electron chi connectivity index (χ0n) is 22.3. The van der Waals surface area contributed by atoms with Crippen molar-refractivity contribution in [2.75, 3.05) is 11.9 Å². The quantitative estimate of drug-likeness (QED) is 0.297. The van der Waals surface area contributed by atoms with Crippen molar-refractivity contribution in [1.82, 2.24) is 25.1 Å². The molecule has 1 fully saturated rings. The van der Waals surface area contributed by atoms with Gasteiger partial charge in [0.25, 0.3) is 5.89 Å². The van der Waals surface area contributed by atoms with Crippen molar-refractivity contribution < 1.29 is 18.7 Å². The molecule has 2 N–H and O–H groups in total. The molecule has 0 aliphatic heterocycles. The summed E-state index contributed by atoms with van der Waals surface area (Å²) in [6.07, 6.45) is 4.95. The van der Waals surface area contributed by atoms with Crippen molar-refractivity contribution in [1.29, 1.82) is 0 Å². The van der Waals surface area contributed by atoms with Crippen molar-refractivity contribution in [2.45, 2.75) is 90.6 Å². The van der Waals surface area contributed by atoms with E-state index >= 15 is 0 Å². The van der Waals surface area contributed by atoms with Crippen LogP contribution in [0, 0.1) is 6.92 Å². The molecule has 1 saturated carbocycles. The number of alkyl carbamates (subject to hydrolysis) is 1. The van der Waals surface area contributed by atoms with Crippen molar-refractivity contribution in [3.8, 4) is 11.5 Å². The van der Waals surface area contributed by atoms with Crippen LogP contribution in [0.5, 0.6) is 0 Å². The van der Waals surface area contributed by atoms with Gasteiger partial charge in [-0.3, -0.25) is 0 Å². The minimum absolute atomic E-state index is 0.0631. The Kier molecular flexibility index (Phi) is 7.42. The maximum absolute atomic E-state index is 12.1. The number of amides is 1. The highest BCUT2D eigenvalue weighted by Crippen LogP contribution is 2.36. The zero-order chi connectivity index (χ0) is 26.1. The average molecular weight is 515 g/mol. The van der Waals surface area contributed by atoms with Gasteiger partial charge in [0.1, 0.15) is 18.0 Å². The number of rotatable bonds is 9. The molecular weight excluding hydrogens is 476 g/mol. The van der Waals surface area contributed by atoms with Gasteiger partial charge in [-0.2, -0.15) is 0 Å². The molecule has 3 aromatic rings. The number of anilines is 1. The van der Waals surface area contributed by atoms with E-state index in [2.05, 4.69) is 40.5 Å². The molecule has 1 aliphatic rings. The molecule has 10 nitrogen and oxygen atoms in total. The largest absolute Gasteiger partial charge is 0.444 e. The van der Waals surface area contributed by atoms with E-state index in [1.807, 2.05) is 37.6 Å². The van der Waals surface area contributed by atoms with E-state index in [-0.39, 0.29) is 18.2 Å². The fourth-order valence-electron chi connectivity index (χ4n) is 4.04. The first-order valence-corrected chi connectivity index (χ1v) is 16.2. The maximum Gasteiger partial charge on any atom is 0.407 e. The summed E-state index contributed by atoms with van der Waals surface area (Å²) < 4.78 is 19.1. The summed E-state index contributed by atoms with van der Waals surface area (Å²) in [6.45, 7) is 15.6. The molecule has 0 saturated heterocycles. The van der Waals surface area contributed by atoms with Crippen molar-refractivity contribution in [3.63, 3.8) is 0 Å². The van der Waals surface area contributed by atoms with Gasteiger partial charge in [0, 0.05) is 51.5 Å². The molecule has 196 valence electrons. The highest BCUT2D eigenvalue weighted by atomic mass is 28.3. The van der Waals surface area contributed by atoms with Gasteiger partial charge in [0.2, 0.25) is 5.89 Å². The summed E-state index contributed by atoms with van der Waals surface area (Å²) in [5.41, 5.74) is 1.96. The van der Waals surface area contributed by atoms with Crippen molar-refractivity contribution >= 4 is 30.9 Å². The van der Waals surface area contributed by atoms with Gasteiger partial charge in [-0.25, -0.2) is 9.78 Å². The van der Waals surface area contributed by atoms with E-state index in [1.54, 1.807) is 13.1 Å². The Balaban J connectivity index is 1.49. The second kappa shape index (κ2) is 10.2. The number of hydrogen-bond acceptors (Lipinski definition) is 8. The lowest BCUT2D eigenvalue weighted by Crippen LogP contribution is -2.50. The van der Waals surface area contributed by atoms with Gasteiger partial charge in [0.05, 0.1) is 11.3 Å². The minimum Gasteiger partial charge on any atom is -0.444 e. The lowest BCUT2D eigenvalue weighted by atomic mass is 9.86. The van der Waals surface area contributed by atoms with E-state index in [4.69, 9.17) is 18.9 Å². The number of ether oxygens (including phenoxy) is 2. The third-order valence-corrected chi connectivity index (χ3v) is 7.68. The molecule has 0 bridgehead atoms. The van der Waals surface area contributed by atoms with E-state index < -0.39 is 13.7 Å². The van der Waals surface area contributed by atoms with Crippen molar-refractivity contribution in [2.24, 2.45) is 0 Å². The molecule has 0 atom stereocenters. The molecule has 0 aromatic carbocycles. The molecule has 0 unspecified atom stereocenters. The van der Waals surface area contributed by atoms with E-state index in [1.165, 1.54) is 0 Å². The summed E-state index contributed by atoms with van der Waals surface area (Å²) in [4.78, 5) is 16.8. The van der Waals surface area contributed by atoms with Crippen LogP contribution in [0.3, 0.4) is 0 Å². The van der Waals surface area contributed by atoms with Crippen molar-refractivity contribution in [3.05, 3.63) is 24.4 Å². The number of nitrogens with one attached hydrogen (secondary N) is 2. The van der Waals surface area contributed by atoms with E-state index in [0.29, 0.717) is 18.5 Å². The smallest absolute Gasteiger partial charge is 0.407 e. The molecule has 0 radical (unpaired) electrons. The van der Waals surface area contributed by atoms with Crippen LogP contribution in [-0.4, -0.2) is 58.2 Å². The number of carbonyl (C=O) groups excluding carboxylic acids is 1. The van der Waals surface area contributed by atoms with Crippen LogP contribution >= 0.6 is 0 Å². The standard InChI is InChI=1S/C25H38N6O4Si/c1-16-29-30-23(34-16)20-14-26-22-19(8-9-31(22)15-33-10-11-36(5,6)7)21(20)27-17-12-18(13-17)28-24(32)35-25(2,3)4/h8-9,14,17-18H,10-13,15H2,1-7H3,(H,26,27)(H,28,32). The summed E-state index contributed by atoms with van der Waals surface area (Å²) in [6, 6.07) is 3.39. The molecule has 4 rings (SSSR count). The van der Waals surface area contributed by atoms with Gasteiger partial charge in [-0.15, -0.1) is 10.2 Å². The average Bonchev–Trinajstić information content (AvgIpc) is 3.34. The second-order valence-corrected chi connectivity index (χ2v) is 17.3. The predicted octanol–water partition coefficient (Wildman–Crippen LogP) is 5.17. The molecule has 3 heterocycles. The van der Waals surface area contributed by atoms with Crippen LogP contribution in [-0.2, 0) is 16.2 Å². The van der Waals surface area contributed by atoms with Gasteiger partial charge < -0.3 is 29.1 Å². The Morgan fingerprint density at radius 2 is 1.97 bits per heavy atom. The lowest BCUT2D eigenvalue weighted by Gasteiger charge is -2.37. The highest BCUT2D eigenvalue weighted by molar-refractivity contribution is 6.76. The van der Waals surface area contributed by atoms with Crippen LogP contribution in [0.4, 0.5) is 10.5 Å². The third kappa shape index (κ3) is 6.64. The summed E-state index contributed by atoms with van der Waals surface area (Å²) in [5.74, 6) is 0.918. The Hall–Kier alpha value is -2.92. The maximum atomic E-state index is 12.1. The SMILES string of the molecule is Cc1nnc(-c2cnc3c(ccn3COCC[Si](C)(C)C)c2NC2CC(NC(=O)OC(C)(C)C)C2)o1. The first-order chi connectivity index (χ1) is 16.9. The second-order valence-electron chi connectivity index (χ2n) is 11.7. The molecule has 1 aliphatic carbocycles. The Morgan fingerprint density at radius 3 is 2.61 bits per heavy atom. The van der Waals surface area contributed by atoms with Gasteiger partial charge in [-0.1, -0.05) is 19.6 Å². The van der Waals surface area contributed by atoms with E-state index in [0.717, 1.165) is 47.8 Å². The lowest BCUT2D eigenvalue weighted by molar-refractivity contribution is 0.0475. The Bertz CT molecular complexity index is 1200. The minimum atomic E-state index is -1.15. The predicted molar refractivity (Wildman–Crippen MR) is 142 cm³/mol. The van der Waals surface area contributed by atoms with Crippen LogP contribution < -0.4 is 10.6 Å². The van der Waals surface area contributed by atoms with Crippen LogP contribution in [0.1, 0.15) is 39.5 Å². The summed E-state index contributed by atoms with van der Waals surface area (Å²) in [7, 11) is -1.15. The molecule has 0 spiro atoms. The molecule has 1 amide bonds. The monoisotopic (exact) mass is 514 g/mol. The number of pyridine rings is 1. The van der Waals surface area contributed by atoms with Crippen LogP contribution in [0.25, 0.3) is 22.5 Å². The summed E-state index contributed by atoms with van der Waals surface area (Å²) in [5, 5.41) is 15.8. The molecule has 3 aromatic heterocycles. The van der Waals surface area contributed by atoms with Crippen LogP contribution in [0.2, 0.25) is 25.7 Å². The Labute approximate surface area is 213 Å². The van der Waals surface area contributed by atoms with E-state index in [9.17, 15) is 4.79 Å². The number of aryl methyl sites for hydroxylation is 1. The number of nitrogens with zero attached hydrogens (tertiary/aromatic N) is 4. The van der Waals surface area contributed by atoms with Gasteiger partial charge >= 0.3 is 6.09 Å². The number of carbonyl (C=O) groups is 1. The van der Waals surface area contributed by atoms with Gasteiger partial charge in [-0.05, 0) is 45.7 Å². The molecule has 11 heteroatoms. The van der Waals surface area contributed by atoms with Crippen LogP contribution in [0.15, 0.2) is 22.9 Å². The molecular formula is C25H38N6O4Si.